The zero-order valence-corrected chi connectivity index (χ0v) is 10.0. The molecule has 1 aliphatic carbocycles. The first kappa shape index (κ1) is 12.1. The van der Waals surface area contributed by atoms with Gasteiger partial charge in [-0.1, -0.05) is 23.8 Å². The van der Waals surface area contributed by atoms with Crippen LogP contribution >= 0.6 is 0 Å². The van der Waals surface area contributed by atoms with Gasteiger partial charge < -0.3 is 5.32 Å². The van der Waals surface area contributed by atoms with E-state index in [4.69, 9.17) is 5.26 Å². The molecule has 1 amide bonds. The van der Waals surface area contributed by atoms with Gasteiger partial charge in [0.2, 0.25) is 5.91 Å². The summed E-state index contributed by atoms with van der Waals surface area (Å²) in [5.41, 5.74) is 2.40. The van der Waals surface area contributed by atoms with Crippen LogP contribution in [0.3, 0.4) is 0 Å². The highest BCUT2D eigenvalue weighted by Gasteiger charge is 2.02. The van der Waals surface area contributed by atoms with Gasteiger partial charge in [-0.2, -0.15) is 5.26 Å². The SMILES string of the molecule is N#Cc1cccc(NC(=O)/C=C/C2=CCCC2)c1. The van der Waals surface area contributed by atoms with Crippen LogP contribution in [-0.4, -0.2) is 5.91 Å². The van der Waals surface area contributed by atoms with E-state index in [0.717, 1.165) is 12.8 Å². The maximum atomic E-state index is 11.7. The third kappa shape index (κ3) is 3.33. The zero-order valence-electron chi connectivity index (χ0n) is 10.0. The van der Waals surface area contributed by atoms with E-state index in [-0.39, 0.29) is 5.91 Å². The van der Waals surface area contributed by atoms with Gasteiger partial charge in [0, 0.05) is 11.8 Å². The average molecular weight is 238 g/mol. The number of rotatable bonds is 3. The first-order valence-electron chi connectivity index (χ1n) is 5.96. The highest BCUT2D eigenvalue weighted by Crippen LogP contribution is 2.18. The van der Waals surface area contributed by atoms with Gasteiger partial charge in [0.25, 0.3) is 0 Å². The lowest BCUT2D eigenvalue weighted by Gasteiger charge is -2.01. The van der Waals surface area contributed by atoms with Gasteiger partial charge in [-0.25, -0.2) is 0 Å². The monoisotopic (exact) mass is 238 g/mol. The van der Waals surface area contributed by atoms with Gasteiger partial charge in [0.15, 0.2) is 0 Å². The summed E-state index contributed by atoms with van der Waals surface area (Å²) in [6.45, 7) is 0. The van der Waals surface area contributed by atoms with Crippen LogP contribution in [0.2, 0.25) is 0 Å². The number of anilines is 1. The van der Waals surface area contributed by atoms with Crippen molar-refractivity contribution in [1.82, 2.24) is 0 Å². The minimum Gasteiger partial charge on any atom is -0.322 e. The maximum absolute atomic E-state index is 11.7. The van der Waals surface area contributed by atoms with Crippen molar-refractivity contribution in [3.05, 3.63) is 53.6 Å². The summed E-state index contributed by atoms with van der Waals surface area (Å²) in [5, 5.41) is 11.5. The van der Waals surface area contributed by atoms with Gasteiger partial charge in [-0.05, 0) is 37.5 Å². The molecule has 3 heteroatoms. The summed E-state index contributed by atoms with van der Waals surface area (Å²) in [4.78, 5) is 11.7. The number of carbonyl (C=O) groups is 1. The Labute approximate surface area is 106 Å². The van der Waals surface area contributed by atoms with Crippen LogP contribution in [-0.2, 0) is 4.79 Å². The molecule has 0 bridgehead atoms. The normalized spacial score (nSPS) is 14.3. The van der Waals surface area contributed by atoms with Gasteiger partial charge in [0.05, 0.1) is 11.6 Å². The van der Waals surface area contributed by atoms with E-state index >= 15 is 0 Å². The molecule has 1 aromatic carbocycles. The quantitative estimate of drug-likeness (QED) is 0.822. The van der Waals surface area contributed by atoms with Gasteiger partial charge in [-0.3, -0.25) is 4.79 Å². The zero-order chi connectivity index (χ0) is 12.8. The predicted molar refractivity (Wildman–Crippen MR) is 70.9 cm³/mol. The van der Waals surface area contributed by atoms with E-state index in [1.807, 2.05) is 12.1 Å². The minimum absolute atomic E-state index is 0.169. The second-order valence-electron chi connectivity index (χ2n) is 4.19. The van der Waals surface area contributed by atoms with Gasteiger partial charge in [0.1, 0.15) is 0 Å². The first-order valence-corrected chi connectivity index (χ1v) is 5.96. The topological polar surface area (TPSA) is 52.9 Å². The molecule has 1 aromatic rings. The summed E-state index contributed by atoms with van der Waals surface area (Å²) in [7, 11) is 0. The summed E-state index contributed by atoms with van der Waals surface area (Å²) in [5.74, 6) is -0.169. The van der Waals surface area contributed by atoms with E-state index in [1.54, 1.807) is 24.3 Å². The molecule has 3 nitrogen and oxygen atoms in total. The minimum atomic E-state index is -0.169. The lowest BCUT2D eigenvalue weighted by Crippen LogP contribution is -2.07. The lowest BCUT2D eigenvalue weighted by atomic mass is 10.2. The molecule has 1 N–H and O–H groups in total. The second-order valence-corrected chi connectivity index (χ2v) is 4.19. The number of hydrogen-bond donors (Lipinski definition) is 1. The van der Waals surface area contributed by atoms with Crippen LogP contribution in [0.1, 0.15) is 24.8 Å². The smallest absolute Gasteiger partial charge is 0.248 e. The number of benzene rings is 1. The van der Waals surface area contributed by atoms with Crippen molar-refractivity contribution in [2.75, 3.05) is 5.32 Å². The third-order valence-corrected chi connectivity index (χ3v) is 2.78. The molecular formula is C15H14N2O. The van der Waals surface area contributed by atoms with Crippen LogP contribution in [0.25, 0.3) is 0 Å². The molecule has 1 aliphatic rings. The van der Waals surface area contributed by atoms with Crippen molar-refractivity contribution < 1.29 is 4.79 Å². The van der Waals surface area contributed by atoms with Crippen molar-refractivity contribution in [1.29, 1.82) is 5.26 Å². The maximum Gasteiger partial charge on any atom is 0.248 e. The molecule has 0 spiro atoms. The Morgan fingerprint density at radius 2 is 2.33 bits per heavy atom. The fraction of sp³-hybridized carbons (Fsp3) is 0.200. The molecule has 0 atom stereocenters. The molecule has 0 fully saturated rings. The molecule has 0 unspecified atom stereocenters. The number of amides is 1. The van der Waals surface area contributed by atoms with E-state index < -0.39 is 0 Å². The fourth-order valence-corrected chi connectivity index (χ4v) is 1.88. The molecule has 0 heterocycles. The van der Waals surface area contributed by atoms with E-state index in [1.165, 1.54) is 18.1 Å². The Hall–Kier alpha value is -2.34. The predicted octanol–water partition coefficient (Wildman–Crippen LogP) is 3.16. The molecule has 18 heavy (non-hydrogen) atoms. The molecule has 90 valence electrons. The number of hydrogen-bond acceptors (Lipinski definition) is 2. The Morgan fingerprint density at radius 1 is 1.44 bits per heavy atom. The standard InChI is InChI=1S/C15H14N2O/c16-11-13-6-3-7-14(10-13)17-15(18)9-8-12-4-1-2-5-12/h3-4,6-10H,1-2,5H2,(H,17,18)/b9-8+. The summed E-state index contributed by atoms with van der Waals surface area (Å²) in [6.07, 6.45) is 8.87. The van der Waals surface area contributed by atoms with Crippen LogP contribution in [0.15, 0.2) is 48.1 Å². The molecule has 0 saturated heterocycles. The summed E-state index contributed by atoms with van der Waals surface area (Å²) < 4.78 is 0. The van der Waals surface area contributed by atoms with Crippen molar-refractivity contribution in [2.45, 2.75) is 19.3 Å². The Bertz CT molecular complexity index is 550. The van der Waals surface area contributed by atoms with Crippen LogP contribution in [0.5, 0.6) is 0 Å². The molecule has 0 aromatic heterocycles. The van der Waals surface area contributed by atoms with Gasteiger partial charge in [-0.15, -0.1) is 0 Å². The Kier molecular flexibility index (Phi) is 3.93. The number of nitrogens with zero attached hydrogens (tertiary/aromatic N) is 1. The van der Waals surface area contributed by atoms with Crippen molar-refractivity contribution in [3.8, 4) is 6.07 Å². The van der Waals surface area contributed by atoms with Crippen molar-refractivity contribution >= 4 is 11.6 Å². The number of nitrogens with one attached hydrogen (secondary N) is 1. The van der Waals surface area contributed by atoms with Crippen molar-refractivity contribution in [3.63, 3.8) is 0 Å². The van der Waals surface area contributed by atoms with E-state index in [0.29, 0.717) is 11.3 Å². The second kappa shape index (κ2) is 5.83. The van der Waals surface area contributed by atoms with Gasteiger partial charge >= 0.3 is 0 Å². The van der Waals surface area contributed by atoms with Crippen LogP contribution in [0.4, 0.5) is 5.69 Å². The Morgan fingerprint density at radius 3 is 3.06 bits per heavy atom. The third-order valence-electron chi connectivity index (χ3n) is 2.78. The van der Waals surface area contributed by atoms with Crippen molar-refractivity contribution in [2.24, 2.45) is 0 Å². The molecule has 2 rings (SSSR count). The van der Waals surface area contributed by atoms with Crippen LogP contribution < -0.4 is 5.32 Å². The molecule has 0 radical (unpaired) electrons. The molecule has 0 saturated carbocycles. The van der Waals surface area contributed by atoms with E-state index in [9.17, 15) is 4.79 Å². The highest BCUT2D eigenvalue weighted by atomic mass is 16.1. The average Bonchev–Trinajstić information content (AvgIpc) is 2.90. The largest absolute Gasteiger partial charge is 0.322 e. The number of allylic oxidation sites excluding steroid dienone is 3. The summed E-state index contributed by atoms with van der Waals surface area (Å²) in [6, 6.07) is 8.91. The number of carbonyl (C=O) groups excluding carboxylic acids is 1. The first-order chi connectivity index (χ1) is 8.78. The Balaban J connectivity index is 1.96. The fourth-order valence-electron chi connectivity index (χ4n) is 1.88. The number of nitriles is 1. The van der Waals surface area contributed by atoms with E-state index in [2.05, 4.69) is 11.4 Å². The lowest BCUT2D eigenvalue weighted by molar-refractivity contribution is -0.111. The highest BCUT2D eigenvalue weighted by molar-refractivity contribution is 5.99. The van der Waals surface area contributed by atoms with Crippen LogP contribution in [0, 0.1) is 11.3 Å². The summed E-state index contributed by atoms with van der Waals surface area (Å²) >= 11 is 0. The molecular weight excluding hydrogens is 224 g/mol. The molecule has 0 aliphatic heterocycles.